The summed E-state index contributed by atoms with van der Waals surface area (Å²) in [7, 11) is 5.65. The van der Waals surface area contributed by atoms with Gasteiger partial charge in [-0.15, -0.1) is 0 Å². The van der Waals surface area contributed by atoms with Crippen molar-refractivity contribution in [1.82, 2.24) is 20.2 Å². The highest BCUT2D eigenvalue weighted by Gasteiger charge is 2.38. The van der Waals surface area contributed by atoms with Crippen molar-refractivity contribution < 1.29 is 9.53 Å². The molecule has 1 N–H and O–H groups in total. The molecule has 1 aliphatic rings. The number of methoxy groups -OCH3 is 1. The maximum Gasteiger partial charge on any atom is 0.225 e. The minimum Gasteiger partial charge on any atom is -0.384 e. The highest BCUT2D eigenvalue weighted by atomic mass is 16.5. The van der Waals surface area contributed by atoms with E-state index in [0.29, 0.717) is 25.6 Å². The first-order valence-electron chi connectivity index (χ1n) is 7.55. The number of amides is 1. The first kappa shape index (κ1) is 16.6. The zero-order chi connectivity index (χ0) is 15.9. The molecule has 0 aromatic carbocycles. The third-order valence-electron chi connectivity index (χ3n) is 3.85. The number of nitrogens with zero attached hydrogens (tertiary/aromatic N) is 4. The molecule has 0 bridgehead atoms. The van der Waals surface area contributed by atoms with E-state index in [1.54, 1.807) is 25.6 Å². The summed E-state index contributed by atoms with van der Waals surface area (Å²) in [5.74, 6) is 0.827. The van der Waals surface area contributed by atoms with Crippen LogP contribution in [0.5, 0.6) is 0 Å². The molecule has 1 aromatic rings. The van der Waals surface area contributed by atoms with Gasteiger partial charge in [-0.1, -0.05) is 0 Å². The summed E-state index contributed by atoms with van der Waals surface area (Å²) in [6, 6.07) is 1.79. The van der Waals surface area contributed by atoms with Crippen LogP contribution in [0, 0.1) is 11.8 Å². The van der Waals surface area contributed by atoms with Crippen LogP contribution in [0.1, 0.15) is 0 Å². The van der Waals surface area contributed by atoms with Crippen molar-refractivity contribution in [3.63, 3.8) is 0 Å². The largest absolute Gasteiger partial charge is 0.384 e. The maximum atomic E-state index is 12.4. The molecule has 7 nitrogen and oxygen atoms in total. The van der Waals surface area contributed by atoms with Gasteiger partial charge in [-0.25, -0.2) is 9.97 Å². The lowest BCUT2D eigenvalue weighted by Gasteiger charge is -2.17. The molecule has 1 amide bonds. The Morgan fingerprint density at radius 3 is 2.77 bits per heavy atom. The Bertz CT molecular complexity index is 468. The molecule has 22 heavy (non-hydrogen) atoms. The molecule has 1 saturated heterocycles. The molecule has 122 valence electrons. The van der Waals surface area contributed by atoms with E-state index in [0.717, 1.165) is 13.1 Å². The summed E-state index contributed by atoms with van der Waals surface area (Å²) in [5.41, 5.74) is 0. The van der Waals surface area contributed by atoms with Crippen molar-refractivity contribution in [2.45, 2.75) is 0 Å². The summed E-state index contributed by atoms with van der Waals surface area (Å²) in [5, 5.41) is 3.01. The number of rotatable bonds is 7. The summed E-state index contributed by atoms with van der Waals surface area (Å²) in [6.45, 7) is 3.42. The molecule has 1 fully saturated rings. The van der Waals surface area contributed by atoms with Gasteiger partial charge in [0.15, 0.2) is 0 Å². The molecular formula is C15H25N5O2. The number of carbonyl (C=O) groups excluding carboxylic acids is 1. The molecule has 2 rings (SSSR count). The molecule has 1 aliphatic heterocycles. The van der Waals surface area contributed by atoms with Crippen molar-refractivity contribution >= 4 is 11.9 Å². The van der Waals surface area contributed by atoms with Crippen molar-refractivity contribution in [3.8, 4) is 0 Å². The molecule has 2 atom stereocenters. The summed E-state index contributed by atoms with van der Waals surface area (Å²) >= 11 is 0. The molecular weight excluding hydrogens is 282 g/mol. The molecule has 0 aliphatic carbocycles. The average molecular weight is 307 g/mol. The smallest absolute Gasteiger partial charge is 0.225 e. The van der Waals surface area contributed by atoms with E-state index in [1.807, 2.05) is 19.0 Å². The zero-order valence-corrected chi connectivity index (χ0v) is 13.5. The van der Waals surface area contributed by atoms with E-state index in [4.69, 9.17) is 4.74 Å². The standard InChI is InChI=1S/C15H25N5O2/c1-19(2)8-7-16-14(21)13-10-20(9-12(13)11-22-3)15-17-5-4-6-18-15/h4-6,12-13H,7-11H2,1-3H3,(H,16,21)/t12-,13+/m0/s1. The maximum absolute atomic E-state index is 12.4. The van der Waals surface area contributed by atoms with Crippen molar-refractivity contribution in [2.75, 3.05) is 58.9 Å². The van der Waals surface area contributed by atoms with Crippen LogP contribution in [0.4, 0.5) is 5.95 Å². The topological polar surface area (TPSA) is 70.6 Å². The van der Waals surface area contributed by atoms with Gasteiger partial charge in [-0.05, 0) is 20.2 Å². The van der Waals surface area contributed by atoms with Gasteiger partial charge in [0, 0.05) is 51.6 Å². The third kappa shape index (κ3) is 4.38. The first-order chi connectivity index (χ1) is 10.6. The second kappa shape index (κ2) is 8.05. The van der Waals surface area contributed by atoms with Crippen LogP contribution in [0.25, 0.3) is 0 Å². The highest BCUT2D eigenvalue weighted by Crippen LogP contribution is 2.26. The van der Waals surface area contributed by atoms with Crippen molar-refractivity contribution in [3.05, 3.63) is 18.5 Å². The number of carbonyl (C=O) groups is 1. The first-order valence-corrected chi connectivity index (χ1v) is 7.55. The van der Waals surface area contributed by atoms with E-state index in [-0.39, 0.29) is 17.7 Å². The fraction of sp³-hybridized carbons (Fsp3) is 0.667. The van der Waals surface area contributed by atoms with Gasteiger partial charge in [0.25, 0.3) is 0 Å². The minimum atomic E-state index is -0.0917. The fourth-order valence-corrected chi connectivity index (χ4v) is 2.70. The number of hydrogen-bond donors (Lipinski definition) is 1. The molecule has 0 radical (unpaired) electrons. The Kier molecular flexibility index (Phi) is 6.09. The van der Waals surface area contributed by atoms with E-state index in [9.17, 15) is 4.79 Å². The van der Waals surface area contributed by atoms with Gasteiger partial charge in [0.05, 0.1) is 12.5 Å². The summed E-state index contributed by atoms with van der Waals surface area (Å²) < 4.78 is 5.28. The number of aromatic nitrogens is 2. The summed E-state index contributed by atoms with van der Waals surface area (Å²) in [4.78, 5) is 25.1. The van der Waals surface area contributed by atoms with Gasteiger partial charge >= 0.3 is 0 Å². The van der Waals surface area contributed by atoms with Gasteiger partial charge in [-0.3, -0.25) is 4.79 Å². The quantitative estimate of drug-likeness (QED) is 0.756. The van der Waals surface area contributed by atoms with Crippen LogP contribution >= 0.6 is 0 Å². The Morgan fingerprint density at radius 1 is 1.41 bits per heavy atom. The predicted octanol–water partition coefficient (Wildman–Crippen LogP) is -0.147. The Balaban J connectivity index is 1.97. The Morgan fingerprint density at radius 2 is 2.14 bits per heavy atom. The number of hydrogen-bond acceptors (Lipinski definition) is 6. The lowest BCUT2D eigenvalue weighted by Crippen LogP contribution is -2.39. The molecule has 0 spiro atoms. The monoisotopic (exact) mass is 307 g/mol. The van der Waals surface area contributed by atoms with Gasteiger partial charge in [0.2, 0.25) is 11.9 Å². The van der Waals surface area contributed by atoms with Crippen LogP contribution in [0.15, 0.2) is 18.5 Å². The Labute approximate surface area is 131 Å². The molecule has 2 heterocycles. The molecule has 1 aromatic heterocycles. The normalized spacial score (nSPS) is 21.4. The van der Waals surface area contributed by atoms with Crippen molar-refractivity contribution in [2.24, 2.45) is 11.8 Å². The number of likely N-dealkylation sites (N-methyl/N-ethyl adjacent to an activating group) is 1. The van der Waals surface area contributed by atoms with E-state index < -0.39 is 0 Å². The second-order valence-electron chi connectivity index (χ2n) is 5.87. The molecule has 7 heteroatoms. The molecule has 0 saturated carbocycles. The van der Waals surface area contributed by atoms with Crippen LogP contribution in [0.3, 0.4) is 0 Å². The van der Waals surface area contributed by atoms with Gasteiger partial charge in [-0.2, -0.15) is 0 Å². The predicted molar refractivity (Wildman–Crippen MR) is 84.7 cm³/mol. The lowest BCUT2D eigenvalue weighted by molar-refractivity contribution is -0.126. The van der Waals surface area contributed by atoms with E-state index in [1.165, 1.54) is 0 Å². The zero-order valence-electron chi connectivity index (χ0n) is 13.5. The van der Waals surface area contributed by atoms with E-state index >= 15 is 0 Å². The third-order valence-corrected chi connectivity index (χ3v) is 3.85. The van der Waals surface area contributed by atoms with Crippen LogP contribution in [-0.4, -0.2) is 74.8 Å². The van der Waals surface area contributed by atoms with E-state index in [2.05, 4.69) is 20.2 Å². The van der Waals surface area contributed by atoms with Crippen LogP contribution in [0.2, 0.25) is 0 Å². The number of ether oxygens (including phenoxy) is 1. The number of anilines is 1. The van der Waals surface area contributed by atoms with Gasteiger partial charge in [0.1, 0.15) is 0 Å². The summed E-state index contributed by atoms with van der Waals surface area (Å²) in [6.07, 6.45) is 3.44. The SMILES string of the molecule is COC[C@@H]1CN(c2ncccn2)C[C@H]1C(=O)NCCN(C)C. The fourth-order valence-electron chi connectivity index (χ4n) is 2.70. The van der Waals surface area contributed by atoms with Gasteiger partial charge < -0.3 is 19.9 Å². The average Bonchev–Trinajstić information content (AvgIpc) is 2.92. The van der Waals surface area contributed by atoms with Crippen LogP contribution < -0.4 is 10.2 Å². The minimum absolute atomic E-state index is 0.0855. The lowest BCUT2D eigenvalue weighted by atomic mass is 9.96. The van der Waals surface area contributed by atoms with Crippen molar-refractivity contribution in [1.29, 1.82) is 0 Å². The molecule has 0 unspecified atom stereocenters. The second-order valence-corrected chi connectivity index (χ2v) is 5.87. The number of nitrogens with one attached hydrogen (secondary N) is 1. The highest BCUT2D eigenvalue weighted by molar-refractivity contribution is 5.80. The van der Waals surface area contributed by atoms with Crippen LogP contribution in [-0.2, 0) is 9.53 Å². The Hall–Kier alpha value is -1.73.